The minimum absolute atomic E-state index is 0.264. The Kier molecular flexibility index (Phi) is 7.11. The fraction of sp³-hybridized carbons (Fsp3) is 0.300. The van der Waals surface area contributed by atoms with Crippen LogP contribution < -0.4 is 5.32 Å². The van der Waals surface area contributed by atoms with Crippen LogP contribution in [0.15, 0.2) is 66.9 Å². The average Bonchev–Trinajstić information content (AvgIpc) is 3.47. The molecule has 184 valence electrons. The van der Waals surface area contributed by atoms with E-state index < -0.39 is 5.60 Å². The van der Waals surface area contributed by atoms with E-state index in [1.807, 2.05) is 48.5 Å². The topological polar surface area (TPSA) is 60.8 Å². The second kappa shape index (κ2) is 10.4. The molecule has 0 saturated carbocycles. The Hall–Kier alpha value is -3.17. The Morgan fingerprint density at radius 1 is 1.17 bits per heavy atom. The number of fused-ring (bicyclic) bond motifs is 2. The molecule has 0 amide bonds. The van der Waals surface area contributed by atoms with Crippen LogP contribution in [0.5, 0.6) is 0 Å². The lowest BCUT2D eigenvalue weighted by Crippen LogP contribution is -2.31. The summed E-state index contributed by atoms with van der Waals surface area (Å²) >= 11 is 6.19. The van der Waals surface area contributed by atoms with Crippen molar-refractivity contribution in [3.63, 3.8) is 0 Å². The predicted octanol–water partition coefficient (Wildman–Crippen LogP) is 7.00. The van der Waals surface area contributed by atoms with Crippen LogP contribution >= 0.6 is 11.6 Å². The lowest BCUT2D eigenvalue weighted by atomic mass is 9.81. The summed E-state index contributed by atoms with van der Waals surface area (Å²) < 4.78 is 20.1. The van der Waals surface area contributed by atoms with Crippen molar-refractivity contribution in [2.24, 2.45) is 0 Å². The minimum atomic E-state index is -0.634. The van der Waals surface area contributed by atoms with Crippen molar-refractivity contribution < 1.29 is 9.13 Å². The second-order valence-electron chi connectivity index (χ2n) is 9.61. The van der Waals surface area contributed by atoms with E-state index in [4.69, 9.17) is 16.3 Å². The van der Waals surface area contributed by atoms with Gasteiger partial charge in [-0.05, 0) is 104 Å². The predicted molar refractivity (Wildman–Crippen MR) is 141 cm³/mol. The number of hydrogen-bond acceptors (Lipinski definition) is 3. The molecule has 0 aliphatic carbocycles. The smallest absolute Gasteiger partial charge is 0.123 e. The summed E-state index contributed by atoms with van der Waals surface area (Å²) in [5.74, 6) is -0.264. The van der Waals surface area contributed by atoms with E-state index in [0.717, 1.165) is 59.5 Å². The zero-order chi connectivity index (χ0) is 25.1. The SMILES string of the molecule is CC(CCc1c[nH]c2ccc(Cl)cc12)NCCCC1(c2ccc(F)cc2)OCc2cc(C#N)ccc21. The largest absolute Gasteiger partial charge is 0.361 e. The van der Waals surface area contributed by atoms with Crippen LogP contribution in [-0.2, 0) is 23.4 Å². The Balaban J connectivity index is 1.22. The molecule has 3 aromatic carbocycles. The summed E-state index contributed by atoms with van der Waals surface area (Å²) in [4.78, 5) is 3.33. The molecule has 2 atom stereocenters. The number of nitrogens with one attached hydrogen (secondary N) is 2. The van der Waals surface area contributed by atoms with Crippen molar-refractivity contribution in [1.29, 1.82) is 5.26 Å². The van der Waals surface area contributed by atoms with Gasteiger partial charge < -0.3 is 15.0 Å². The fourth-order valence-corrected chi connectivity index (χ4v) is 5.45. The highest BCUT2D eigenvalue weighted by Gasteiger charge is 2.41. The Morgan fingerprint density at radius 2 is 2.00 bits per heavy atom. The van der Waals surface area contributed by atoms with E-state index in [9.17, 15) is 9.65 Å². The molecule has 6 heteroatoms. The number of nitrogens with zero attached hydrogens (tertiary/aromatic N) is 1. The number of rotatable bonds is 9. The lowest BCUT2D eigenvalue weighted by molar-refractivity contribution is -0.0130. The summed E-state index contributed by atoms with van der Waals surface area (Å²) in [5.41, 5.74) is 5.42. The Morgan fingerprint density at radius 3 is 2.81 bits per heavy atom. The van der Waals surface area contributed by atoms with Crippen molar-refractivity contribution in [1.82, 2.24) is 10.3 Å². The highest BCUT2D eigenvalue weighted by molar-refractivity contribution is 6.31. The van der Waals surface area contributed by atoms with Gasteiger partial charge in [0.1, 0.15) is 11.4 Å². The molecule has 1 aliphatic heterocycles. The second-order valence-corrected chi connectivity index (χ2v) is 10.0. The third kappa shape index (κ3) is 4.90. The van der Waals surface area contributed by atoms with Gasteiger partial charge in [-0.2, -0.15) is 5.26 Å². The number of H-pyrrole nitrogens is 1. The average molecular weight is 502 g/mol. The van der Waals surface area contributed by atoms with Crippen molar-refractivity contribution in [2.75, 3.05) is 6.54 Å². The van der Waals surface area contributed by atoms with Gasteiger partial charge in [0.2, 0.25) is 0 Å². The van der Waals surface area contributed by atoms with Crippen LogP contribution in [0.25, 0.3) is 10.9 Å². The van der Waals surface area contributed by atoms with Crippen LogP contribution in [0.3, 0.4) is 0 Å². The zero-order valence-corrected chi connectivity index (χ0v) is 21.0. The van der Waals surface area contributed by atoms with E-state index in [-0.39, 0.29) is 5.82 Å². The number of benzene rings is 3. The maximum Gasteiger partial charge on any atom is 0.123 e. The molecule has 36 heavy (non-hydrogen) atoms. The van der Waals surface area contributed by atoms with E-state index in [1.54, 1.807) is 0 Å². The Bertz CT molecular complexity index is 1410. The molecule has 0 radical (unpaired) electrons. The molecular weight excluding hydrogens is 473 g/mol. The van der Waals surface area contributed by atoms with Gasteiger partial charge in [0, 0.05) is 28.2 Å². The molecule has 2 heterocycles. The van der Waals surface area contributed by atoms with Crippen molar-refractivity contribution >= 4 is 22.5 Å². The molecule has 1 aromatic heterocycles. The van der Waals surface area contributed by atoms with E-state index in [2.05, 4.69) is 29.5 Å². The summed E-state index contributed by atoms with van der Waals surface area (Å²) in [6.07, 6.45) is 5.71. The molecule has 0 fully saturated rings. The maximum atomic E-state index is 13.7. The van der Waals surface area contributed by atoms with E-state index in [1.165, 1.54) is 23.1 Å². The molecule has 4 aromatic rings. The molecule has 0 saturated heterocycles. The van der Waals surface area contributed by atoms with Gasteiger partial charge in [0.15, 0.2) is 0 Å². The number of aromatic amines is 1. The summed E-state index contributed by atoms with van der Waals surface area (Å²) in [5, 5.41) is 14.9. The van der Waals surface area contributed by atoms with Crippen molar-refractivity contribution in [2.45, 2.75) is 50.9 Å². The number of ether oxygens (including phenoxy) is 1. The number of aromatic nitrogens is 1. The summed E-state index contributed by atoms with van der Waals surface area (Å²) in [7, 11) is 0. The van der Waals surface area contributed by atoms with Crippen LogP contribution in [0, 0.1) is 17.1 Å². The van der Waals surface area contributed by atoms with Gasteiger partial charge in [0.05, 0.1) is 18.2 Å². The van der Waals surface area contributed by atoms with Gasteiger partial charge >= 0.3 is 0 Å². The van der Waals surface area contributed by atoms with E-state index in [0.29, 0.717) is 18.2 Å². The fourth-order valence-electron chi connectivity index (χ4n) is 5.28. The van der Waals surface area contributed by atoms with Crippen LogP contribution in [0.2, 0.25) is 5.02 Å². The highest BCUT2D eigenvalue weighted by Crippen LogP contribution is 2.45. The van der Waals surface area contributed by atoms with Crippen LogP contribution in [0.4, 0.5) is 4.39 Å². The number of nitriles is 1. The normalized spacial score (nSPS) is 17.7. The first-order valence-electron chi connectivity index (χ1n) is 12.4. The monoisotopic (exact) mass is 501 g/mol. The number of aryl methyl sites for hydroxylation is 1. The van der Waals surface area contributed by atoms with Gasteiger partial charge in [-0.3, -0.25) is 0 Å². The quantitative estimate of drug-likeness (QED) is 0.243. The molecule has 4 nitrogen and oxygen atoms in total. The first kappa shape index (κ1) is 24.5. The first-order chi connectivity index (χ1) is 17.5. The zero-order valence-electron chi connectivity index (χ0n) is 20.3. The first-order valence-corrected chi connectivity index (χ1v) is 12.8. The van der Waals surface area contributed by atoms with E-state index >= 15 is 0 Å². The molecule has 2 N–H and O–H groups in total. The Labute approximate surface area is 216 Å². The van der Waals surface area contributed by atoms with Gasteiger partial charge in [0.25, 0.3) is 0 Å². The van der Waals surface area contributed by atoms with Crippen LogP contribution in [0.1, 0.15) is 54.0 Å². The molecule has 5 rings (SSSR count). The standard InChI is InChI=1S/C30H29ClFN3O/c1-20(3-5-22-18-35-29-12-8-25(31)16-27(22)29)34-14-2-13-30(24-6-9-26(32)10-7-24)28-11-4-21(17-33)15-23(28)19-36-30/h4,6-12,15-16,18,20,34-35H,2-3,5,13-14,19H2,1H3. The minimum Gasteiger partial charge on any atom is -0.361 e. The lowest BCUT2D eigenvalue weighted by Gasteiger charge is -2.31. The van der Waals surface area contributed by atoms with Gasteiger partial charge in [-0.1, -0.05) is 29.8 Å². The molecule has 0 bridgehead atoms. The van der Waals surface area contributed by atoms with Crippen molar-refractivity contribution in [3.8, 4) is 6.07 Å². The molecule has 2 unspecified atom stereocenters. The molecule has 0 spiro atoms. The molecule has 1 aliphatic rings. The highest BCUT2D eigenvalue weighted by atomic mass is 35.5. The van der Waals surface area contributed by atoms with Gasteiger partial charge in [-0.15, -0.1) is 0 Å². The van der Waals surface area contributed by atoms with Gasteiger partial charge in [-0.25, -0.2) is 4.39 Å². The van der Waals surface area contributed by atoms with Crippen LogP contribution in [-0.4, -0.2) is 17.6 Å². The third-order valence-electron chi connectivity index (χ3n) is 7.23. The maximum absolute atomic E-state index is 13.7. The summed E-state index contributed by atoms with van der Waals surface area (Å²) in [6.45, 7) is 3.50. The molecular formula is C30H29ClFN3O. The summed E-state index contributed by atoms with van der Waals surface area (Å²) in [6, 6.07) is 20.8. The third-order valence-corrected chi connectivity index (χ3v) is 7.46. The number of halogens is 2. The van der Waals surface area contributed by atoms with Crippen molar-refractivity contribution in [3.05, 3.63) is 106 Å². The number of hydrogen-bond donors (Lipinski definition) is 2.